The number of benzene rings is 1. The van der Waals surface area contributed by atoms with Gasteiger partial charge in [0.05, 0.1) is 16.8 Å². The first-order valence-electron chi connectivity index (χ1n) is 7.85. The van der Waals surface area contributed by atoms with E-state index in [9.17, 15) is 8.42 Å². The van der Waals surface area contributed by atoms with Crippen molar-refractivity contribution in [3.05, 3.63) is 48.2 Å². The molecule has 1 aromatic carbocycles. The fraction of sp³-hybridized carbons (Fsp3) is 0.353. The van der Waals surface area contributed by atoms with Crippen LogP contribution in [-0.4, -0.2) is 19.4 Å². The molecular weight excluding hydrogens is 310 g/mol. The highest BCUT2D eigenvalue weighted by molar-refractivity contribution is 7.92. The Hall–Kier alpha value is -2.08. The van der Waals surface area contributed by atoms with Gasteiger partial charge < -0.3 is 5.32 Å². The summed E-state index contributed by atoms with van der Waals surface area (Å²) in [5.74, 6) is 0.787. The number of aromatic nitrogens is 1. The minimum absolute atomic E-state index is 0.247. The Morgan fingerprint density at radius 3 is 2.35 bits per heavy atom. The summed E-state index contributed by atoms with van der Waals surface area (Å²) in [5, 5.41) is 3.38. The van der Waals surface area contributed by atoms with Gasteiger partial charge in [-0.2, -0.15) is 0 Å². The van der Waals surface area contributed by atoms with Crippen LogP contribution in [-0.2, 0) is 10.0 Å². The third kappa shape index (κ3) is 4.01. The number of anilines is 2. The van der Waals surface area contributed by atoms with Gasteiger partial charge in [0, 0.05) is 6.04 Å². The minimum Gasteiger partial charge on any atom is -0.367 e. The summed E-state index contributed by atoms with van der Waals surface area (Å²) >= 11 is 0. The Kier molecular flexibility index (Phi) is 4.52. The maximum atomic E-state index is 12.3. The third-order valence-electron chi connectivity index (χ3n) is 4.05. The molecule has 5 nitrogen and oxygen atoms in total. The summed E-state index contributed by atoms with van der Waals surface area (Å²) < 4.78 is 27.2. The topological polar surface area (TPSA) is 71.1 Å². The molecular formula is C17H21N3O2S. The number of nitrogens with one attached hydrogen (secondary N) is 2. The van der Waals surface area contributed by atoms with E-state index in [0.29, 0.717) is 11.7 Å². The van der Waals surface area contributed by atoms with Gasteiger partial charge in [-0.3, -0.25) is 4.72 Å². The quantitative estimate of drug-likeness (QED) is 0.879. The highest BCUT2D eigenvalue weighted by Crippen LogP contribution is 2.22. The zero-order valence-electron chi connectivity index (χ0n) is 13.1. The SMILES string of the molecule is Cc1ccc(S(=O)(=O)Nc2ccc(NC3CCCC3)nc2)cc1. The lowest BCUT2D eigenvalue weighted by molar-refractivity contribution is 0.601. The Balaban J connectivity index is 1.68. The van der Waals surface area contributed by atoms with E-state index < -0.39 is 10.0 Å². The maximum Gasteiger partial charge on any atom is 0.261 e. The highest BCUT2D eigenvalue weighted by atomic mass is 32.2. The molecule has 0 atom stereocenters. The van der Waals surface area contributed by atoms with E-state index in [2.05, 4.69) is 15.0 Å². The molecule has 1 aliphatic rings. The molecule has 0 bridgehead atoms. The van der Waals surface area contributed by atoms with E-state index in [4.69, 9.17) is 0 Å². The monoisotopic (exact) mass is 331 g/mol. The van der Waals surface area contributed by atoms with Gasteiger partial charge >= 0.3 is 0 Å². The van der Waals surface area contributed by atoms with Gasteiger partial charge in [0.25, 0.3) is 10.0 Å². The van der Waals surface area contributed by atoms with Crippen LogP contribution >= 0.6 is 0 Å². The molecule has 0 spiro atoms. The van der Waals surface area contributed by atoms with Crippen molar-refractivity contribution in [1.29, 1.82) is 0 Å². The number of sulfonamides is 1. The van der Waals surface area contributed by atoms with Crippen molar-refractivity contribution in [2.45, 2.75) is 43.5 Å². The second-order valence-corrected chi connectivity index (χ2v) is 7.66. The predicted molar refractivity (Wildman–Crippen MR) is 92.1 cm³/mol. The molecule has 23 heavy (non-hydrogen) atoms. The first-order valence-corrected chi connectivity index (χ1v) is 9.33. The number of rotatable bonds is 5. The van der Waals surface area contributed by atoms with Crippen LogP contribution in [0.2, 0.25) is 0 Å². The van der Waals surface area contributed by atoms with E-state index in [1.54, 1.807) is 36.5 Å². The number of aryl methyl sites for hydroxylation is 1. The average molecular weight is 331 g/mol. The van der Waals surface area contributed by atoms with Crippen molar-refractivity contribution in [3.8, 4) is 0 Å². The van der Waals surface area contributed by atoms with Gasteiger partial charge in [-0.1, -0.05) is 30.5 Å². The second-order valence-electron chi connectivity index (χ2n) is 5.98. The van der Waals surface area contributed by atoms with E-state index in [0.717, 1.165) is 11.4 Å². The van der Waals surface area contributed by atoms with E-state index in [1.807, 2.05) is 13.0 Å². The van der Waals surface area contributed by atoms with Crippen molar-refractivity contribution < 1.29 is 8.42 Å². The van der Waals surface area contributed by atoms with E-state index in [1.165, 1.54) is 25.7 Å². The number of hydrogen-bond acceptors (Lipinski definition) is 4. The normalized spacial score (nSPS) is 15.5. The number of nitrogens with zero attached hydrogens (tertiary/aromatic N) is 1. The molecule has 1 heterocycles. The van der Waals surface area contributed by atoms with Gasteiger partial charge in [0.1, 0.15) is 5.82 Å². The lowest BCUT2D eigenvalue weighted by Crippen LogP contribution is -2.16. The average Bonchev–Trinajstić information content (AvgIpc) is 3.02. The standard InChI is InChI=1S/C17H21N3O2S/c1-13-6-9-16(10-7-13)23(21,22)20-15-8-11-17(18-12-15)19-14-4-2-3-5-14/h6-12,14,20H,2-5H2,1H3,(H,18,19). The van der Waals surface area contributed by atoms with Crippen molar-refractivity contribution >= 4 is 21.5 Å². The van der Waals surface area contributed by atoms with Crippen molar-refractivity contribution in [1.82, 2.24) is 4.98 Å². The van der Waals surface area contributed by atoms with Gasteiger partial charge in [-0.25, -0.2) is 13.4 Å². The van der Waals surface area contributed by atoms with Crippen molar-refractivity contribution in [3.63, 3.8) is 0 Å². The van der Waals surface area contributed by atoms with Gasteiger partial charge in [-0.05, 0) is 44.0 Å². The molecule has 122 valence electrons. The Morgan fingerprint density at radius 1 is 1.04 bits per heavy atom. The molecule has 0 amide bonds. The first kappa shape index (κ1) is 15.8. The molecule has 2 aromatic rings. The smallest absolute Gasteiger partial charge is 0.261 e. The molecule has 0 unspecified atom stereocenters. The van der Waals surface area contributed by atoms with E-state index in [-0.39, 0.29) is 4.90 Å². The Labute approximate surface area is 137 Å². The molecule has 0 aliphatic heterocycles. The summed E-state index contributed by atoms with van der Waals surface area (Å²) in [5.41, 5.74) is 1.48. The summed E-state index contributed by atoms with van der Waals surface area (Å²) in [6.07, 6.45) is 6.40. The van der Waals surface area contributed by atoms with Crippen LogP contribution in [0.15, 0.2) is 47.5 Å². The van der Waals surface area contributed by atoms with E-state index >= 15 is 0 Å². The predicted octanol–water partition coefficient (Wildman–Crippen LogP) is 3.55. The number of hydrogen-bond donors (Lipinski definition) is 2. The molecule has 1 saturated carbocycles. The summed E-state index contributed by atoms with van der Waals surface area (Å²) in [6, 6.07) is 10.8. The fourth-order valence-electron chi connectivity index (χ4n) is 2.75. The van der Waals surface area contributed by atoms with Gasteiger partial charge in [-0.15, -0.1) is 0 Å². The molecule has 2 N–H and O–H groups in total. The van der Waals surface area contributed by atoms with Crippen molar-refractivity contribution in [2.75, 3.05) is 10.0 Å². The van der Waals surface area contributed by atoms with Crippen LogP contribution in [0.1, 0.15) is 31.2 Å². The van der Waals surface area contributed by atoms with Crippen molar-refractivity contribution in [2.24, 2.45) is 0 Å². The molecule has 0 saturated heterocycles. The minimum atomic E-state index is -3.58. The molecule has 0 radical (unpaired) electrons. The zero-order chi connectivity index (χ0) is 16.3. The second kappa shape index (κ2) is 6.58. The molecule has 6 heteroatoms. The zero-order valence-corrected chi connectivity index (χ0v) is 13.9. The van der Waals surface area contributed by atoms with Crippen LogP contribution in [0.25, 0.3) is 0 Å². The van der Waals surface area contributed by atoms with Crippen LogP contribution in [0.3, 0.4) is 0 Å². The lowest BCUT2D eigenvalue weighted by atomic mass is 10.2. The summed E-state index contributed by atoms with van der Waals surface area (Å²) in [6.45, 7) is 1.92. The lowest BCUT2D eigenvalue weighted by Gasteiger charge is -2.13. The van der Waals surface area contributed by atoms with Gasteiger partial charge in [0.15, 0.2) is 0 Å². The van der Waals surface area contributed by atoms with Crippen LogP contribution in [0, 0.1) is 6.92 Å². The largest absolute Gasteiger partial charge is 0.367 e. The molecule has 3 rings (SSSR count). The Bertz CT molecular complexity index is 749. The maximum absolute atomic E-state index is 12.3. The third-order valence-corrected chi connectivity index (χ3v) is 5.45. The van der Waals surface area contributed by atoms with Crippen LogP contribution in [0.4, 0.5) is 11.5 Å². The summed E-state index contributed by atoms with van der Waals surface area (Å²) in [4.78, 5) is 4.54. The molecule has 1 aliphatic carbocycles. The molecule has 1 fully saturated rings. The van der Waals surface area contributed by atoms with Crippen LogP contribution in [0.5, 0.6) is 0 Å². The highest BCUT2D eigenvalue weighted by Gasteiger charge is 2.16. The first-order chi connectivity index (χ1) is 11.0. The fourth-order valence-corrected chi connectivity index (χ4v) is 3.79. The number of pyridine rings is 1. The Morgan fingerprint density at radius 2 is 1.74 bits per heavy atom. The summed E-state index contributed by atoms with van der Waals surface area (Å²) in [7, 11) is -3.58. The molecule has 1 aromatic heterocycles. The van der Waals surface area contributed by atoms with Gasteiger partial charge in [0.2, 0.25) is 0 Å². The van der Waals surface area contributed by atoms with Crippen LogP contribution < -0.4 is 10.0 Å².